The number of hydrogen-bond donors (Lipinski definition) is 0. The van der Waals surface area contributed by atoms with Gasteiger partial charge in [0, 0.05) is 11.6 Å². The molecule has 18 heavy (non-hydrogen) atoms. The van der Waals surface area contributed by atoms with E-state index < -0.39 is 12.6 Å². The lowest BCUT2D eigenvalue weighted by atomic mass is 10.1. The van der Waals surface area contributed by atoms with Gasteiger partial charge in [-0.25, -0.2) is 4.79 Å². The van der Waals surface area contributed by atoms with Gasteiger partial charge in [-0.15, -0.1) is 0 Å². The molecule has 0 bridgehead atoms. The van der Waals surface area contributed by atoms with Gasteiger partial charge in [0.05, 0.1) is 12.7 Å². The molecule has 0 atom stereocenters. The zero-order valence-corrected chi connectivity index (χ0v) is 9.39. The maximum atomic E-state index is 12.2. The van der Waals surface area contributed by atoms with Gasteiger partial charge in [0.2, 0.25) is 0 Å². The van der Waals surface area contributed by atoms with E-state index in [4.69, 9.17) is 0 Å². The predicted molar refractivity (Wildman–Crippen MR) is 59.7 cm³/mol. The molecule has 2 aromatic rings. The monoisotopic (exact) mass is 253 g/mol. The molecule has 4 nitrogen and oxygen atoms in total. The second kappa shape index (κ2) is 4.95. The van der Waals surface area contributed by atoms with Gasteiger partial charge in [-0.05, 0) is 12.1 Å². The Morgan fingerprint density at radius 3 is 2.78 bits per heavy atom. The van der Waals surface area contributed by atoms with Gasteiger partial charge in [0.15, 0.2) is 5.75 Å². The van der Waals surface area contributed by atoms with E-state index in [0.717, 1.165) is 0 Å². The van der Waals surface area contributed by atoms with E-state index in [9.17, 15) is 13.6 Å². The van der Waals surface area contributed by atoms with Crippen LogP contribution in [-0.2, 0) is 4.74 Å². The zero-order chi connectivity index (χ0) is 13.1. The second-order valence-corrected chi connectivity index (χ2v) is 3.38. The maximum absolute atomic E-state index is 12.2. The molecule has 0 aliphatic rings. The molecule has 0 N–H and O–H groups in total. The number of carbonyl (C=O) groups is 1. The van der Waals surface area contributed by atoms with Crippen molar-refractivity contribution < 1.29 is 23.0 Å². The smallest absolute Gasteiger partial charge is 0.387 e. The van der Waals surface area contributed by atoms with Crippen molar-refractivity contribution >= 4 is 16.9 Å². The molecule has 0 aliphatic carbocycles. The zero-order valence-electron chi connectivity index (χ0n) is 9.39. The van der Waals surface area contributed by atoms with Crippen LogP contribution >= 0.6 is 0 Å². The molecule has 0 aliphatic heterocycles. The van der Waals surface area contributed by atoms with E-state index in [0.29, 0.717) is 5.39 Å². The molecular weight excluding hydrogens is 244 g/mol. The topological polar surface area (TPSA) is 48.4 Å². The van der Waals surface area contributed by atoms with Gasteiger partial charge in [-0.2, -0.15) is 8.78 Å². The average molecular weight is 253 g/mol. The Labute approximate surface area is 101 Å². The van der Waals surface area contributed by atoms with Gasteiger partial charge < -0.3 is 9.47 Å². The number of para-hydroxylation sites is 1. The minimum Gasteiger partial charge on any atom is -0.465 e. The van der Waals surface area contributed by atoms with Gasteiger partial charge in [0.1, 0.15) is 5.52 Å². The first kappa shape index (κ1) is 12.2. The number of pyridine rings is 1. The van der Waals surface area contributed by atoms with Crippen molar-refractivity contribution in [1.82, 2.24) is 4.98 Å². The van der Waals surface area contributed by atoms with E-state index in [-0.39, 0.29) is 16.8 Å². The minimum absolute atomic E-state index is 0.0757. The number of hydrogen-bond acceptors (Lipinski definition) is 4. The van der Waals surface area contributed by atoms with E-state index in [1.54, 1.807) is 6.07 Å². The van der Waals surface area contributed by atoms with Crippen molar-refractivity contribution in [2.24, 2.45) is 0 Å². The minimum atomic E-state index is -2.95. The van der Waals surface area contributed by atoms with Crippen molar-refractivity contribution in [3.05, 3.63) is 36.0 Å². The first-order chi connectivity index (χ1) is 8.63. The Morgan fingerprint density at radius 2 is 2.11 bits per heavy atom. The third-order valence-corrected chi connectivity index (χ3v) is 2.36. The summed E-state index contributed by atoms with van der Waals surface area (Å²) in [5.41, 5.74) is 0.447. The SMILES string of the molecule is COC(=O)c1ccnc2c(OC(F)F)cccc12. The van der Waals surface area contributed by atoms with Crippen LogP contribution in [0, 0.1) is 0 Å². The molecule has 0 amide bonds. The quantitative estimate of drug-likeness (QED) is 0.789. The molecule has 2 rings (SSSR count). The van der Waals surface area contributed by atoms with Crippen LogP contribution in [-0.4, -0.2) is 24.7 Å². The summed E-state index contributed by atoms with van der Waals surface area (Å²) in [6, 6.07) is 5.92. The normalized spacial score (nSPS) is 10.7. The van der Waals surface area contributed by atoms with Gasteiger partial charge in [0.25, 0.3) is 0 Å². The van der Waals surface area contributed by atoms with Crippen molar-refractivity contribution in [3.8, 4) is 5.75 Å². The molecule has 1 aromatic heterocycles. The predicted octanol–water partition coefficient (Wildman–Crippen LogP) is 2.62. The molecule has 0 saturated heterocycles. The number of halogens is 2. The van der Waals surface area contributed by atoms with Crippen LogP contribution in [0.4, 0.5) is 8.78 Å². The fourth-order valence-electron chi connectivity index (χ4n) is 1.63. The lowest BCUT2D eigenvalue weighted by molar-refractivity contribution is -0.0489. The largest absolute Gasteiger partial charge is 0.465 e. The van der Waals surface area contributed by atoms with E-state index in [2.05, 4.69) is 14.5 Å². The fraction of sp³-hybridized carbons (Fsp3) is 0.167. The lowest BCUT2D eigenvalue weighted by Gasteiger charge is -2.09. The number of aromatic nitrogens is 1. The Morgan fingerprint density at radius 1 is 1.33 bits per heavy atom. The van der Waals surface area contributed by atoms with Crippen LogP contribution < -0.4 is 4.74 Å². The number of alkyl halides is 2. The Balaban J connectivity index is 2.61. The highest BCUT2D eigenvalue weighted by atomic mass is 19.3. The van der Waals surface area contributed by atoms with Crippen LogP contribution in [0.5, 0.6) is 5.75 Å². The molecule has 0 radical (unpaired) electrons. The lowest BCUT2D eigenvalue weighted by Crippen LogP contribution is -2.05. The van der Waals surface area contributed by atoms with Crippen LogP contribution in [0.1, 0.15) is 10.4 Å². The van der Waals surface area contributed by atoms with Gasteiger partial charge in [-0.3, -0.25) is 4.98 Å². The molecule has 0 fully saturated rings. The van der Waals surface area contributed by atoms with Crippen molar-refractivity contribution in [3.63, 3.8) is 0 Å². The number of carbonyl (C=O) groups excluding carboxylic acids is 1. The van der Waals surface area contributed by atoms with Crippen molar-refractivity contribution in [1.29, 1.82) is 0 Å². The first-order valence-corrected chi connectivity index (χ1v) is 5.04. The van der Waals surface area contributed by atoms with Gasteiger partial charge in [-0.1, -0.05) is 12.1 Å². The highest BCUT2D eigenvalue weighted by molar-refractivity contribution is 6.04. The fourth-order valence-corrected chi connectivity index (χ4v) is 1.63. The maximum Gasteiger partial charge on any atom is 0.387 e. The molecule has 0 unspecified atom stereocenters. The molecule has 1 aromatic carbocycles. The van der Waals surface area contributed by atoms with E-state index in [1.165, 1.54) is 31.5 Å². The summed E-state index contributed by atoms with van der Waals surface area (Å²) in [4.78, 5) is 15.5. The van der Waals surface area contributed by atoms with Crippen LogP contribution in [0.2, 0.25) is 0 Å². The van der Waals surface area contributed by atoms with E-state index >= 15 is 0 Å². The van der Waals surface area contributed by atoms with Crippen molar-refractivity contribution in [2.45, 2.75) is 6.61 Å². The Hall–Kier alpha value is -2.24. The number of ether oxygens (including phenoxy) is 2. The summed E-state index contributed by atoms with van der Waals surface area (Å²) in [6.45, 7) is -2.95. The number of nitrogens with zero attached hydrogens (tertiary/aromatic N) is 1. The molecular formula is C12H9F2NO3. The Bertz CT molecular complexity index is 587. The number of benzene rings is 1. The standard InChI is InChI=1S/C12H9F2NO3/c1-17-11(16)8-5-6-15-10-7(8)3-2-4-9(10)18-12(13)14/h2-6,12H,1H3. The number of esters is 1. The van der Waals surface area contributed by atoms with Crippen LogP contribution in [0.3, 0.4) is 0 Å². The Kier molecular flexibility index (Phi) is 3.36. The van der Waals surface area contributed by atoms with Crippen LogP contribution in [0.25, 0.3) is 10.9 Å². The number of methoxy groups -OCH3 is 1. The molecule has 0 spiro atoms. The summed E-state index contributed by atoms with van der Waals surface area (Å²) in [5, 5.41) is 0.405. The summed E-state index contributed by atoms with van der Waals surface area (Å²) < 4.78 is 33.4. The molecule has 1 heterocycles. The summed E-state index contributed by atoms with van der Waals surface area (Å²) in [6.07, 6.45) is 1.34. The number of fused-ring (bicyclic) bond motifs is 1. The highest BCUT2D eigenvalue weighted by Gasteiger charge is 2.15. The summed E-state index contributed by atoms with van der Waals surface area (Å²) in [5.74, 6) is -0.634. The van der Waals surface area contributed by atoms with E-state index in [1.807, 2.05) is 0 Å². The highest BCUT2D eigenvalue weighted by Crippen LogP contribution is 2.27. The summed E-state index contributed by atoms with van der Waals surface area (Å²) >= 11 is 0. The van der Waals surface area contributed by atoms with Gasteiger partial charge >= 0.3 is 12.6 Å². The number of rotatable bonds is 3. The summed E-state index contributed by atoms with van der Waals surface area (Å²) in [7, 11) is 1.24. The third-order valence-electron chi connectivity index (χ3n) is 2.36. The first-order valence-electron chi connectivity index (χ1n) is 5.04. The third kappa shape index (κ3) is 2.22. The molecule has 0 saturated carbocycles. The molecule has 6 heteroatoms. The van der Waals surface area contributed by atoms with Crippen molar-refractivity contribution in [2.75, 3.05) is 7.11 Å². The second-order valence-electron chi connectivity index (χ2n) is 3.38. The van der Waals surface area contributed by atoms with Crippen LogP contribution in [0.15, 0.2) is 30.5 Å². The average Bonchev–Trinajstić information content (AvgIpc) is 2.37. The molecule has 94 valence electrons.